The Morgan fingerprint density at radius 1 is 1.19 bits per heavy atom. The van der Waals surface area contributed by atoms with Gasteiger partial charge in [-0.2, -0.15) is 0 Å². The molecule has 1 amide bonds. The van der Waals surface area contributed by atoms with Crippen LogP contribution in [0.3, 0.4) is 0 Å². The number of aryl methyl sites for hydroxylation is 1. The number of fused-ring (bicyclic) bond motifs is 1. The molecule has 32 heavy (non-hydrogen) atoms. The lowest BCUT2D eigenvalue weighted by Crippen LogP contribution is -2.29. The third-order valence-electron chi connectivity index (χ3n) is 4.81. The minimum absolute atomic E-state index is 0.194. The third-order valence-corrected chi connectivity index (χ3v) is 7.20. The molecule has 0 saturated carbocycles. The zero-order valence-corrected chi connectivity index (χ0v) is 20.1. The van der Waals surface area contributed by atoms with Gasteiger partial charge in [0, 0.05) is 31.4 Å². The largest absolute Gasteiger partial charge is 0.385 e. The van der Waals surface area contributed by atoms with E-state index in [1.807, 2.05) is 49.4 Å². The molecule has 0 unspecified atom stereocenters. The Labute approximate surface area is 199 Å². The maximum absolute atomic E-state index is 13.4. The standard InChI is InChI=1S/C23H21N3O3S3/c1-15-9-10-19-24-20(31-16-7-4-3-5-8-16)17(21(27)26(19)14-15)13-18-22(28)25(23(30)32-18)11-6-12-29-2/h3-5,7-10,13-14H,6,11-12H2,1-2H3. The molecule has 9 heteroatoms. The van der Waals surface area contributed by atoms with E-state index < -0.39 is 0 Å². The van der Waals surface area contributed by atoms with Crippen molar-refractivity contribution >= 4 is 57.7 Å². The van der Waals surface area contributed by atoms with E-state index in [9.17, 15) is 9.59 Å². The van der Waals surface area contributed by atoms with Gasteiger partial charge in [0.2, 0.25) is 0 Å². The number of rotatable bonds is 7. The summed E-state index contributed by atoms with van der Waals surface area (Å²) >= 11 is 8.02. The quantitative estimate of drug-likeness (QED) is 0.214. The van der Waals surface area contributed by atoms with Gasteiger partial charge < -0.3 is 4.74 Å². The number of carbonyl (C=O) groups excluding carboxylic acids is 1. The fourth-order valence-corrected chi connectivity index (χ4v) is 5.43. The molecule has 0 bridgehead atoms. The molecule has 0 N–H and O–H groups in total. The van der Waals surface area contributed by atoms with Crippen LogP contribution in [0.4, 0.5) is 0 Å². The van der Waals surface area contributed by atoms with Crippen LogP contribution in [-0.2, 0) is 9.53 Å². The topological polar surface area (TPSA) is 63.9 Å². The van der Waals surface area contributed by atoms with E-state index in [0.29, 0.717) is 45.0 Å². The van der Waals surface area contributed by atoms with Gasteiger partial charge in [0.25, 0.3) is 11.5 Å². The number of methoxy groups -OCH3 is 1. The van der Waals surface area contributed by atoms with Crippen LogP contribution in [0.2, 0.25) is 0 Å². The molecule has 2 aromatic heterocycles. The average molecular weight is 484 g/mol. The van der Waals surface area contributed by atoms with Gasteiger partial charge in [-0.3, -0.25) is 18.9 Å². The number of hydrogen-bond acceptors (Lipinski definition) is 7. The molecule has 0 atom stereocenters. The molecular weight excluding hydrogens is 462 g/mol. The smallest absolute Gasteiger partial charge is 0.266 e. The average Bonchev–Trinajstić information content (AvgIpc) is 3.05. The molecule has 164 valence electrons. The van der Waals surface area contributed by atoms with E-state index in [0.717, 1.165) is 10.5 Å². The van der Waals surface area contributed by atoms with Crippen LogP contribution in [0, 0.1) is 6.92 Å². The molecule has 6 nitrogen and oxygen atoms in total. The van der Waals surface area contributed by atoms with Gasteiger partial charge in [0.15, 0.2) is 0 Å². The summed E-state index contributed by atoms with van der Waals surface area (Å²) in [6.45, 7) is 2.95. The first-order chi connectivity index (χ1) is 15.5. The molecule has 1 aromatic carbocycles. The molecule has 1 aliphatic heterocycles. The summed E-state index contributed by atoms with van der Waals surface area (Å²) in [6, 6.07) is 13.5. The normalized spacial score (nSPS) is 15.3. The molecule has 0 radical (unpaired) electrons. The van der Waals surface area contributed by atoms with Crippen molar-refractivity contribution in [2.75, 3.05) is 20.3 Å². The maximum Gasteiger partial charge on any atom is 0.266 e. The first kappa shape index (κ1) is 22.7. The third kappa shape index (κ3) is 4.80. The predicted octanol–water partition coefficient (Wildman–Crippen LogP) is 4.39. The van der Waals surface area contributed by atoms with Crippen LogP contribution >= 0.6 is 35.7 Å². The molecular formula is C23H21N3O3S3. The number of benzene rings is 1. The minimum Gasteiger partial charge on any atom is -0.385 e. The zero-order chi connectivity index (χ0) is 22.7. The van der Waals surface area contributed by atoms with Crippen molar-refractivity contribution in [2.45, 2.75) is 23.3 Å². The van der Waals surface area contributed by atoms with Crippen molar-refractivity contribution in [1.29, 1.82) is 0 Å². The van der Waals surface area contributed by atoms with Gasteiger partial charge >= 0.3 is 0 Å². The Kier molecular flexibility index (Phi) is 7.10. The molecule has 1 fully saturated rings. The molecule has 0 spiro atoms. The Balaban J connectivity index is 1.79. The van der Waals surface area contributed by atoms with Crippen LogP contribution in [-0.4, -0.2) is 44.8 Å². The summed E-state index contributed by atoms with van der Waals surface area (Å²) in [5, 5.41) is 0.551. The second kappa shape index (κ2) is 9.99. The molecule has 0 aliphatic carbocycles. The molecule has 3 heterocycles. The number of nitrogens with zero attached hydrogens (tertiary/aromatic N) is 3. The van der Waals surface area contributed by atoms with E-state index >= 15 is 0 Å². The number of thiocarbonyl (C=S) groups is 1. The van der Waals surface area contributed by atoms with Crippen molar-refractivity contribution in [3.63, 3.8) is 0 Å². The Morgan fingerprint density at radius 2 is 1.97 bits per heavy atom. The highest BCUT2D eigenvalue weighted by Gasteiger charge is 2.32. The van der Waals surface area contributed by atoms with Gasteiger partial charge in [-0.1, -0.05) is 60.0 Å². The lowest BCUT2D eigenvalue weighted by Gasteiger charge is -2.13. The summed E-state index contributed by atoms with van der Waals surface area (Å²) in [5.74, 6) is -0.194. The fourth-order valence-electron chi connectivity index (χ4n) is 3.23. The van der Waals surface area contributed by atoms with E-state index in [1.54, 1.807) is 24.3 Å². The highest BCUT2D eigenvalue weighted by Crippen LogP contribution is 2.35. The van der Waals surface area contributed by atoms with Crippen molar-refractivity contribution in [3.05, 3.63) is 75.0 Å². The van der Waals surface area contributed by atoms with Gasteiger partial charge in [0.05, 0.1) is 10.5 Å². The summed E-state index contributed by atoms with van der Waals surface area (Å²) in [4.78, 5) is 34.1. The number of carbonyl (C=O) groups is 1. The Hall–Kier alpha value is -2.46. The molecule has 3 aromatic rings. The number of pyridine rings is 1. The predicted molar refractivity (Wildman–Crippen MR) is 133 cm³/mol. The zero-order valence-electron chi connectivity index (χ0n) is 17.6. The second-order valence-corrected chi connectivity index (χ2v) is 9.90. The monoisotopic (exact) mass is 483 g/mol. The van der Waals surface area contributed by atoms with Crippen molar-refractivity contribution in [1.82, 2.24) is 14.3 Å². The number of ether oxygens (including phenoxy) is 1. The lowest BCUT2D eigenvalue weighted by atomic mass is 10.2. The van der Waals surface area contributed by atoms with Crippen LogP contribution in [0.5, 0.6) is 0 Å². The SMILES string of the molecule is COCCCN1C(=O)C(=Cc2c(Sc3ccccc3)nc3ccc(C)cn3c2=O)SC1=S. The van der Waals surface area contributed by atoms with Gasteiger partial charge in [-0.05, 0) is 43.2 Å². The van der Waals surface area contributed by atoms with Crippen LogP contribution in [0.25, 0.3) is 11.7 Å². The summed E-state index contributed by atoms with van der Waals surface area (Å²) in [6.07, 6.45) is 4.07. The van der Waals surface area contributed by atoms with Crippen LogP contribution in [0.15, 0.2) is 68.3 Å². The van der Waals surface area contributed by atoms with E-state index in [1.165, 1.54) is 27.9 Å². The van der Waals surface area contributed by atoms with Crippen molar-refractivity contribution in [2.24, 2.45) is 0 Å². The number of amides is 1. The highest BCUT2D eigenvalue weighted by atomic mass is 32.2. The number of hydrogen-bond donors (Lipinski definition) is 0. The fraction of sp³-hybridized carbons (Fsp3) is 0.217. The van der Waals surface area contributed by atoms with E-state index in [-0.39, 0.29) is 11.5 Å². The summed E-state index contributed by atoms with van der Waals surface area (Å²) in [5.41, 5.74) is 1.66. The number of aromatic nitrogens is 2. The van der Waals surface area contributed by atoms with Gasteiger partial charge in [-0.25, -0.2) is 4.98 Å². The molecule has 1 saturated heterocycles. The van der Waals surface area contributed by atoms with Crippen molar-refractivity contribution < 1.29 is 9.53 Å². The van der Waals surface area contributed by atoms with Crippen LogP contribution < -0.4 is 5.56 Å². The number of thioether (sulfide) groups is 1. The first-order valence-corrected chi connectivity index (χ1v) is 12.0. The van der Waals surface area contributed by atoms with Gasteiger partial charge in [-0.15, -0.1) is 0 Å². The van der Waals surface area contributed by atoms with Crippen molar-refractivity contribution in [3.8, 4) is 0 Å². The summed E-state index contributed by atoms with van der Waals surface area (Å²) < 4.78 is 7.08. The molecule has 4 rings (SSSR count). The van der Waals surface area contributed by atoms with E-state index in [4.69, 9.17) is 21.9 Å². The highest BCUT2D eigenvalue weighted by molar-refractivity contribution is 8.26. The minimum atomic E-state index is -0.221. The van der Waals surface area contributed by atoms with Crippen LogP contribution in [0.1, 0.15) is 17.5 Å². The lowest BCUT2D eigenvalue weighted by molar-refractivity contribution is -0.122. The molecule has 1 aliphatic rings. The first-order valence-electron chi connectivity index (χ1n) is 9.98. The Morgan fingerprint density at radius 3 is 2.72 bits per heavy atom. The summed E-state index contributed by atoms with van der Waals surface area (Å²) in [7, 11) is 1.62. The second-order valence-electron chi connectivity index (χ2n) is 7.17. The maximum atomic E-state index is 13.4. The van der Waals surface area contributed by atoms with Gasteiger partial charge in [0.1, 0.15) is 15.0 Å². The van der Waals surface area contributed by atoms with E-state index in [2.05, 4.69) is 0 Å². The Bertz CT molecular complexity index is 1270.